The summed E-state index contributed by atoms with van der Waals surface area (Å²) in [5, 5.41) is 17.9. The van der Waals surface area contributed by atoms with Crippen LogP contribution in [0.25, 0.3) is 0 Å². The second-order valence-electron chi connectivity index (χ2n) is 7.43. The minimum atomic E-state index is -0.371. The van der Waals surface area contributed by atoms with Crippen LogP contribution in [0, 0.1) is 22.0 Å². The number of hydrogen-bond donors (Lipinski definition) is 2. The predicted octanol–water partition coefficient (Wildman–Crippen LogP) is 2.98. The molecule has 0 aliphatic heterocycles. The minimum absolute atomic E-state index is 0.124. The van der Waals surface area contributed by atoms with E-state index in [1.165, 1.54) is 38.5 Å². The number of benzene rings is 1. The highest BCUT2D eigenvalue weighted by Crippen LogP contribution is 2.44. The summed E-state index contributed by atoms with van der Waals surface area (Å²) < 4.78 is 0. The van der Waals surface area contributed by atoms with E-state index in [1.807, 2.05) is 0 Å². The van der Waals surface area contributed by atoms with Gasteiger partial charge in [0, 0.05) is 24.2 Å². The van der Waals surface area contributed by atoms with E-state index < -0.39 is 0 Å². The fourth-order valence-corrected chi connectivity index (χ4v) is 4.04. The average Bonchev–Trinajstić information content (AvgIpc) is 3.15. The van der Waals surface area contributed by atoms with Gasteiger partial charge in [0.05, 0.1) is 11.5 Å². The molecule has 3 aliphatic carbocycles. The van der Waals surface area contributed by atoms with E-state index in [1.54, 1.807) is 24.3 Å². The summed E-state index contributed by atoms with van der Waals surface area (Å²) in [7, 11) is 0. The molecule has 128 valence electrons. The molecule has 3 aliphatic rings. The molecule has 0 saturated heterocycles. The van der Waals surface area contributed by atoms with Crippen molar-refractivity contribution in [2.45, 2.75) is 57.2 Å². The van der Waals surface area contributed by atoms with E-state index in [2.05, 4.69) is 10.6 Å². The third-order valence-electron chi connectivity index (χ3n) is 5.55. The smallest absolute Gasteiger partial charge is 0.269 e. The molecule has 6 heteroatoms. The topological polar surface area (TPSA) is 79.6 Å². The number of nitrogens with zero attached hydrogens (tertiary/aromatic N) is 2. The Morgan fingerprint density at radius 2 is 1.92 bits per heavy atom. The van der Waals surface area contributed by atoms with Crippen molar-refractivity contribution in [3.05, 3.63) is 39.9 Å². The first-order valence-corrected chi connectivity index (χ1v) is 8.98. The van der Waals surface area contributed by atoms with Crippen molar-refractivity contribution >= 4 is 11.6 Å². The quantitative estimate of drug-likeness (QED) is 0.377. The van der Waals surface area contributed by atoms with Crippen molar-refractivity contribution in [2.24, 2.45) is 16.8 Å². The van der Waals surface area contributed by atoms with Gasteiger partial charge in [-0.15, -0.1) is 0 Å². The summed E-state index contributed by atoms with van der Waals surface area (Å²) in [6.45, 7) is 0.543. The van der Waals surface area contributed by atoms with E-state index >= 15 is 0 Å². The van der Waals surface area contributed by atoms with Crippen LogP contribution in [-0.4, -0.2) is 23.0 Å². The molecule has 24 heavy (non-hydrogen) atoms. The Labute approximate surface area is 141 Å². The summed E-state index contributed by atoms with van der Waals surface area (Å²) in [6, 6.07) is 7.78. The first-order chi connectivity index (χ1) is 11.7. The van der Waals surface area contributed by atoms with Crippen LogP contribution in [0.2, 0.25) is 0 Å². The van der Waals surface area contributed by atoms with Gasteiger partial charge < -0.3 is 10.6 Å². The summed E-state index contributed by atoms with van der Waals surface area (Å²) in [6.07, 6.45) is 7.82. The third kappa shape index (κ3) is 3.52. The zero-order valence-corrected chi connectivity index (χ0v) is 13.8. The molecule has 0 heterocycles. The summed E-state index contributed by atoms with van der Waals surface area (Å²) in [5.41, 5.74) is 1.12. The maximum Gasteiger partial charge on any atom is 0.269 e. The van der Waals surface area contributed by atoms with Crippen molar-refractivity contribution in [1.82, 2.24) is 10.6 Å². The van der Waals surface area contributed by atoms with Crippen molar-refractivity contribution in [3.8, 4) is 0 Å². The monoisotopic (exact) mass is 328 g/mol. The first kappa shape index (κ1) is 15.4. The van der Waals surface area contributed by atoms with E-state index in [4.69, 9.17) is 4.99 Å². The van der Waals surface area contributed by atoms with Crippen molar-refractivity contribution < 1.29 is 4.92 Å². The second kappa shape index (κ2) is 6.42. The van der Waals surface area contributed by atoms with Crippen LogP contribution in [0.4, 0.5) is 5.69 Å². The molecule has 2 bridgehead atoms. The van der Waals surface area contributed by atoms with Crippen molar-refractivity contribution in [1.29, 1.82) is 0 Å². The molecule has 3 saturated carbocycles. The molecule has 1 aromatic carbocycles. The Balaban J connectivity index is 1.40. The maximum atomic E-state index is 10.7. The highest BCUT2D eigenvalue weighted by atomic mass is 16.6. The molecule has 3 fully saturated rings. The van der Waals surface area contributed by atoms with Crippen LogP contribution in [0.5, 0.6) is 0 Å². The molecule has 3 atom stereocenters. The summed E-state index contributed by atoms with van der Waals surface area (Å²) >= 11 is 0. The SMILES string of the molecule is O=[N+]([O-])c1ccc(CN=C(NC2CC2)NC2CC3CCC2C3)cc1. The van der Waals surface area contributed by atoms with Gasteiger partial charge in [0.2, 0.25) is 0 Å². The standard InChI is InChI=1S/C18H24N4O2/c23-22(24)16-7-2-12(3-8-16)11-19-18(20-15-5-6-15)21-17-10-13-1-4-14(17)9-13/h2-3,7-8,13-15,17H,1,4-6,9-11H2,(H2,19,20,21). The zero-order valence-electron chi connectivity index (χ0n) is 13.8. The van der Waals surface area contributed by atoms with Crippen LogP contribution in [-0.2, 0) is 6.54 Å². The molecule has 0 aromatic heterocycles. The lowest BCUT2D eigenvalue weighted by Gasteiger charge is -2.25. The van der Waals surface area contributed by atoms with E-state index in [-0.39, 0.29) is 10.6 Å². The van der Waals surface area contributed by atoms with Gasteiger partial charge in [0.25, 0.3) is 5.69 Å². The van der Waals surface area contributed by atoms with Gasteiger partial charge in [-0.1, -0.05) is 18.6 Å². The maximum absolute atomic E-state index is 10.7. The Kier molecular flexibility index (Phi) is 4.12. The molecule has 0 radical (unpaired) electrons. The molecule has 3 unspecified atom stereocenters. The lowest BCUT2D eigenvalue weighted by atomic mass is 9.95. The number of hydrogen-bond acceptors (Lipinski definition) is 3. The Bertz CT molecular complexity index is 639. The highest BCUT2D eigenvalue weighted by molar-refractivity contribution is 5.80. The van der Waals surface area contributed by atoms with Crippen LogP contribution >= 0.6 is 0 Å². The number of nitrogens with one attached hydrogen (secondary N) is 2. The van der Waals surface area contributed by atoms with Crippen LogP contribution in [0.3, 0.4) is 0 Å². The number of aliphatic imine (C=N–C) groups is 1. The van der Waals surface area contributed by atoms with Crippen molar-refractivity contribution in [2.75, 3.05) is 0 Å². The molecule has 0 amide bonds. The van der Waals surface area contributed by atoms with Crippen molar-refractivity contribution in [3.63, 3.8) is 0 Å². The predicted molar refractivity (Wildman–Crippen MR) is 92.8 cm³/mol. The summed E-state index contributed by atoms with van der Waals surface area (Å²) in [4.78, 5) is 15.1. The second-order valence-corrected chi connectivity index (χ2v) is 7.43. The third-order valence-corrected chi connectivity index (χ3v) is 5.55. The van der Waals surface area contributed by atoms with Gasteiger partial charge in [0.1, 0.15) is 0 Å². The fourth-order valence-electron chi connectivity index (χ4n) is 4.04. The highest BCUT2D eigenvalue weighted by Gasteiger charge is 2.40. The van der Waals surface area contributed by atoms with E-state index in [9.17, 15) is 10.1 Å². The minimum Gasteiger partial charge on any atom is -0.354 e. The average molecular weight is 328 g/mol. The normalized spacial score (nSPS) is 28.8. The molecule has 2 N–H and O–H groups in total. The summed E-state index contributed by atoms with van der Waals surface area (Å²) in [5.74, 6) is 2.62. The van der Waals surface area contributed by atoms with Crippen LogP contribution in [0.15, 0.2) is 29.3 Å². The lowest BCUT2D eigenvalue weighted by molar-refractivity contribution is -0.384. The molecule has 4 rings (SSSR count). The number of guanidine groups is 1. The number of fused-ring (bicyclic) bond motifs is 2. The molecule has 6 nitrogen and oxygen atoms in total. The van der Waals surface area contributed by atoms with Gasteiger partial charge in [-0.3, -0.25) is 10.1 Å². The van der Waals surface area contributed by atoms with Crippen LogP contribution < -0.4 is 10.6 Å². The van der Waals surface area contributed by atoms with Gasteiger partial charge in [-0.05, 0) is 49.5 Å². The number of non-ortho nitro benzene ring substituents is 1. The Morgan fingerprint density at radius 1 is 1.12 bits per heavy atom. The molecule has 0 spiro atoms. The fraction of sp³-hybridized carbons (Fsp3) is 0.611. The number of nitro benzene ring substituents is 1. The van der Waals surface area contributed by atoms with Crippen LogP contribution in [0.1, 0.15) is 44.1 Å². The number of rotatable bonds is 5. The van der Waals surface area contributed by atoms with Gasteiger partial charge in [-0.25, -0.2) is 4.99 Å². The lowest BCUT2D eigenvalue weighted by Crippen LogP contribution is -2.46. The largest absolute Gasteiger partial charge is 0.354 e. The van der Waals surface area contributed by atoms with Gasteiger partial charge in [0.15, 0.2) is 5.96 Å². The first-order valence-electron chi connectivity index (χ1n) is 8.98. The van der Waals surface area contributed by atoms with Gasteiger partial charge >= 0.3 is 0 Å². The molecule has 1 aromatic rings. The van der Waals surface area contributed by atoms with E-state index in [0.29, 0.717) is 18.6 Å². The number of nitro groups is 1. The Morgan fingerprint density at radius 3 is 2.50 bits per heavy atom. The zero-order chi connectivity index (χ0) is 16.5. The Hall–Kier alpha value is -2.11. The van der Waals surface area contributed by atoms with Gasteiger partial charge in [-0.2, -0.15) is 0 Å². The van der Waals surface area contributed by atoms with E-state index in [0.717, 1.165) is 23.4 Å². The molecular weight excluding hydrogens is 304 g/mol. The molecular formula is C18H24N4O2.